The van der Waals surface area contributed by atoms with Gasteiger partial charge in [0.2, 0.25) is 0 Å². The van der Waals surface area contributed by atoms with Crippen LogP contribution in [-0.2, 0) is 9.47 Å². The van der Waals surface area contributed by atoms with Crippen LogP contribution in [0.25, 0.3) is 0 Å². The zero-order valence-corrected chi connectivity index (χ0v) is 15.1. The zero-order valence-electron chi connectivity index (χ0n) is 15.1. The molecule has 0 aliphatic carbocycles. The maximum absolute atomic E-state index is 9.94. The number of aliphatic hydroxyl groups excluding tert-OH is 3. The van der Waals surface area contributed by atoms with E-state index in [1.54, 1.807) is 0 Å². The van der Waals surface area contributed by atoms with E-state index in [1.807, 2.05) is 0 Å². The van der Waals surface area contributed by atoms with E-state index in [2.05, 4.69) is 19.1 Å². The van der Waals surface area contributed by atoms with Gasteiger partial charge in [0.25, 0.3) is 0 Å². The van der Waals surface area contributed by atoms with Crippen molar-refractivity contribution in [2.45, 2.75) is 89.1 Å². The monoisotopic (exact) mass is 344 g/mol. The van der Waals surface area contributed by atoms with Crippen molar-refractivity contribution in [1.29, 1.82) is 0 Å². The Morgan fingerprint density at radius 1 is 0.958 bits per heavy atom. The smallest absolute Gasteiger partial charge is 0.111 e. The predicted octanol–water partition coefficient (Wildman–Crippen LogP) is 2.57. The molecular weight excluding hydrogens is 308 g/mol. The third-order valence-corrected chi connectivity index (χ3v) is 4.50. The molecular formula is C19H36O5. The fourth-order valence-electron chi connectivity index (χ4n) is 2.88. The van der Waals surface area contributed by atoms with Crippen molar-refractivity contribution in [3.8, 4) is 0 Å². The Bertz CT molecular complexity index is 321. The topological polar surface area (TPSA) is 79.2 Å². The molecule has 5 heteroatoms. The molecule has 4 atom stereocenters. The predicted molar refractivity (Wildman–Crippen MR) is 94.9 cm³/mol. The van der Waals surface area contributed by atoms with Gasteiger partial charge >= 0.3 is 0 Å². The van der Waals surface area contributed by atoms with Gasteiger partial charge in [0.05, 0.1) is 13.2 Å². The van der Waals surface area contributed by atoms with Crippen molar-refractivity contribution in [3.63, 3.8) is 0 Å². The molecule has 1 aliphatic heterocycles. The molecule has 1 fully saturated rings. The van der Waals surface area contributed by atoms with Crippen molar-refractivity contribution in [1.82, 2.24) is 0 Å². The lowest BCUT2D eigenvalue weighted by molar-refractivity contribution is -0.208. The lowest BCUT2D eigenvalue weighted by atomic mass is 10.0. The molecule has 0 amide bonds. The number of allylic oxidation sites excluding steroid dienone is 2. The zero-order chi connectivity index (χ0) is 17.6. The van der Waals surface area contributed by atoms with Crippen LogP contribution in [0.3, 0.4) is 0 Å². The Hall–Kier alpha value is -0.460. The highest BCUT2D eigenvalue weighted by atomic mass is 16.6. The first-order valence-corrected chi connectivity index (χ1v) is 9.55. The molecule has 0 bridgehead atoms. The van der Waals surface area contributed by atoms with Crippen LogP contribution in [0.2, 0.25) is 0 Å². The van der Waals surface area contributed by atoms with Crippen molar-refractivity contribution < 1.29 is 24.8 Å². The number of ether oxygens (including phenoxy) is 2. The van der Waals surface area contributed by atoms with Gasteiger partial charge < -0.3 is 24.8 Å². The molecule has 3 N–H and O–H groups in total. The van der Waals surface area contributed by atoms with Crippen molar-refractivity contribution in [2.75, 3.05) is 19.8 Å². The summed E-state index contributed by atoms with van der Waals surface area (Å²) in [5.74, 6) is 0. The minimum absolute atomic E-state index is 0.206. The standard InChI is InChI=1S/C19H36O5/c1-2-3-4-5-6-7-8-9-10-11-12-13-23-17-15-24-16(14-20)18(21)19(17)22/h9-10,16-22H,2-8,11-15H2,1H3/b10-9+/t16-,17+,18-,19-/m0/s1. The van der Waals surface area contributed by atoms with Crippen LogP contribution in [0.15, 0.2) is 12.2 Å². The molecule has 24 heavy (non-hydrogen) atoms. The van der Waals surface area contributed by atoms with Gasteiger partial charge in [-0.25, -0.2) is 0 Å². The Balaban J connectivity index is 1.97. The van der Waals surface area contributed by atoms with E-state index >= 15 is 0 Å². The van der Waals surface area contributed by atoms with Crippen LogP contribution in [-0.4, -0.2) is 59.6 Å². The highest BCUT2D eigenvalue weighted by Crippen LogP contribution is 2.18. The molecule has 1 aliphatic rings. The Labute approximate surface area is 146 Å². The minimum atomic E-state index is -1.09. The minimum Gasteiger partial charge on any atom is -0.394 e. The molecule has 0 unspecified atom stereocenters. The van der Waals surface area contributed by atoms with Crippen LogP contribution in [0, 0.1) is 0 Å². The number of hydrogen-bond acceptors (Lipinski definition) is 5. The highest BCUT2D eigenvalue weighted by Gasteiger charge is 2.38. The second kappa shape index (κ2) is 13.8. The summed E-state index contributed by atoms with van der Waals surface area (Å²) < 4.78 is 10.9. The highest BCUT2D eigenvalue weighted by molar-refractivity contribution is 4.87. The first-order chi connectivity index (χ1) is 11.7. The van der Waals surface area contributed by atoms with Crippen LogP contribution < -0.4 is 0 Å². The van der Waals surface area contributed by atoms with E-state index in [4.69, 9.17) is 14.6 Å². The maximum Gasteiger partial charge on any atom is 0.111 e. The third-order valence-electron chi connectivity index (χ3n) is 4.50. The lowest BCUT2D eigenvalue weighted by Gasteiger charge is -2.36. The van der Waals surface area contributed by atoms with E-state index < -0.39 is 24.4 Å². The largest absolute Gasteiger partial charge is 0.394 e. The summed E-state index contributed by atoms with van der Waals surface area (Å²) in [5.41, 5.74) is 0. The number of hydrogen-bond donors (Lipinski definition) is 3. The summed E-state index contributed by atoms with van der Waals surface area (Å²) in [6.07, 6.45) is 12.1. The molecule has 0 radical (unpaired) electrons. The number of unbranched alkanes of at least 4 members (excludes halogenated alkanes) is 7. The van der Waals surface area contributed by atoms with Crippen LogP contribution >= 0.6 is 0 Å². The normalized spacial score (nSPS) is 27.8. The van der Waals surface area contributed by atoms with Gasteiger partial charge in [-0.2, -0.15) is 0 Å². The van der Waals surface area contributed by atoms with Crippen LogP contribution in [0.1, 0.15) is 64.7 Å². The second-order valence-electron chi connectivity index (χ2n) is 6.61. The summed E-state index contributed by atoms with van der Waals surface area (Å²) >= 11 is 0. The van der Waals surface area contributed by atoms with Gasteiger partial charge in [-0.3, -0.25) is 0 Å². The average Bonchev–Trinajstić information content (AvgIpc) is 2.59. The summed E-state index contributed by atoms with van der Waals surface area (Å²) in [6.45, 7) is 2.68. The first-order valence-electron chi connectivity index (χ1n) is 9.55. The van der Waals surface area contributed by atoms with Crippen LogP contribution in [0.5, 0.6) is 0 Å². The molecule has 5 nitrogen and oxygen atoms in total. The van der Waals surface area contributed by atoms with Crippen LogP contribution in [0.4, 0.5) is 0 Å². The fraction of sp³-hybridized carbons (Fsp3) is 0.895. The summed E-state index contributed by atoms with van der Waals surface area (Å²) in [4.78, 5) is 0. The second-order valence-corrected chi connectivity index (χ2v) is 6.61. The molecule has 1 heterocycles. The van der Waals surface area contributed by atoms with Gasteiger partial charge in [0, 0.05) is 6.61 Å². The van der Waals surface area contributed by atoms with Gasteiger partial charge in [0.15, 0.2) is 0 Å². The lowest BCUT2D eigenvalue weighted by Crippen LogP contribution is -2.55. The molecule has 0 aromatic rings. The molecule has 0 saturated carbocycles. The van der Waals surface area contributed by atoms with Gasteiger partial charge in [-0.1, -0.05) is 51.2 Å². The Morgan fingerprint density at radius 2 is 1.62 bits per heavy atom. The van der Waals surface area contributed by atoms with E-state index in [1.165, 1.54) is 38.5 Å². The molecule has 1 rings (SSSR count). The van der Waals surface area contributed by atoms with Gasteiger partial charge in [-0.05, 0) is 25.7 Å². The summed E-state index contributed by atoms with van der Waals surface area (Å²) in [5, 5.41) is 28.7. The van der Waals surface area contributed by atoms with E-state index in [0.717, 1.165) is 19.3 Å². The quantitative estimate of drug-likeness (QED) is 0.353. The first kappa shape index (κ1) is 21.6. The molecule has 0 aromatic carbocycles. The van der Waals surface area contributed by atoms with Gasteiger partial charge in [-0.15, -0.1) is 0 Å². The van der Waals surface area contributed by atoms with E-state index in [9.17, 15) is 10.2 Å². The maximum atomic E-state index is 9.94. The molecule has 1 saturated heterocycles. The number of aliphatic hydroxyl groups is 3. The summed E-state index contributed by atoms with van der Waals surface area (Å²) in [7, 11) is 0. The fourth-order valence-corrected chi connectivity index (χ4v) is 2.88. The van der Waals surface area contributed by atoms with E-state index in [-0.39, 0.29) is 13.2 Å². The third kappa shape index (κ3) is 8.58. The average molecular weight is 344 g/mol. The number of rotatable bonds is 13. The van der Waals surface area contributed by atoms with Crippen molar-refractivity contribution in [3.05, 3.63) is 12.2 Å². The Morgan fingerprint density at radius 3 is 2.33 bits per heavy atom. The van der Waals surface area contributed by atoms with Gasteiger partial charge in [0.1, 0.15) is 24.4 Å². The van der Waals surface area contributed by atoms with Crippen molar-refractivity contribution >= 4 is 0 Å². The summed E-state index contributed by atoms with van der Waals surface area (Å²) in [6, 6.07) is 0. The van der Waals surface area contributed by atoms with Crippen molar-refractivity contribution in [2.24, 2.45) is 0 Å². The molecule has 142 valence electrons. The molecule has 0 spiro atoms. The molecule has 0 aromatic heterocycles. The van der Waals surface area contributed by atoms with E-state index in [0.29, 0.717) is 6.61 Å². The Kier molecular flexibility index (Phi) is 12.4. The SMILES string of the molecule is CCCCCCCC/C=C/CCCO[C@@H]1CO[C@@H](CO)[C@H](O)[C@H]1O.